The fraction of sp³-hybridized carbons (Fsp3) is 0.262. The molecule has 0 saturated carbocycles. The maximum atomic E-state index is 14.7. The molecule has 0 unspecified atom stereocenters. The SMILES string of the molecule is CN(Cc1cn(Cc2ccccc2Cl)nc1-c1ccccc1)C(=O)c1nnn(C2CCN(C(=O)OCC3c4ccccc4-c4ccccc43)CC2)c1C(F)F. The van der Waals surface area contributed by atoms with Crippen molar-refractivity contribution in [2.75, 3.05) is 26.7 Å². The standard InChI is InChI=1S/C42H38ClF2N7O3/c1-49(23-29-25-51(24-28-13-5-10-18-36(28)43)47-37(29)27-11-3-2-4-12-27)41(53)38-39(40(44)45)52(48-46-38)30-19-21-50(22-20-30)42(54)55-26-35-33-16-8-6-14-31(33)32-15-7-9-17-34(32)35/h2-18,25,30,35,40H,19-24,26H2,1H3. The maximum absolute atomic E-state index is 14.7. The number of nitrogens with zero attached hydrogens (tertiary/aromatic N) is 7. The first kappa shape index (κ1) is 36.1. The first-order valence-electron chi connectivity index (χ1n) is 18.2. The average Bonchev–Trinajstić information content (AvgIpc) is 3.92. The molecule has 0 bridgehead atoms. The monoisotopic (exact) mass is 761 g/mol. The highest BCUT2D eigenvalue weighted by Crippen LogP contribution is 2.44. The molecule has 1 aliphatic heterocycles. The molecule has 1 saturated heterocycles. The van der Waals surface area contributed by atoms with Crippen molar-refractivity contribution >= 4 is 23.6 Å². The number of hydrogen-bond donors (Lipinski definition) is 0. The molecule has 2 aromatic heterocycles. The van der Waals surface area contributed by atoms with Crippen LogP contribution < -0.4 is 0 Å². The molecule has 10 nitrogen and oxygen atoms in total. The Morgan fingerprint density at radius 3 is 2.18 bits per heavy atom. The zero-order chi connectivity index (χ0) is 38.1. The number of rotatable bonds is 10. The Morgan fingerprint density at radius 2 is 1.51 bits per heavy atom. The van der Waals surface area contributed by atoms with Crippen LogP contribution in [0.25, 0.3) is 22.4 Å². The van der Waals surface area contributed by atoms with Gasteiger partial charge >= 0.3 is 6.09 Å². The van der Waals surface area contributed by atoms with Crippen molar-refractivity contribution in [3.8, 4) is 22.4 Å². The Balaban J connectivity index is 0.935. The van der Waals surface area contributed by atoms with Gasteiger partial charge in [0, 0.05) is 54.9 Å². The predicted octanol–water partition coefficient (Wildman–Crippen LogP) is 8.64. The van der Waals surface area contributed by atoms with Gasteiger partial charge in [0.15, 0.2) is 5.69 Å². The number of alkyl halides is 2. The van der Waals surface area contributed by atoms with Crippen molar-refractivity contribution < 1.29 is 23.1 Å². The molecule has 8 rings (SSSR count). The van der Waals surface area contributed by atoms with Crippen LogP contribution in [0.3, 0.4) is 0 Å². The van der Waals surface area contributed by atoms with Crippen molar-refractivity contribution in [3.05, 3.63) is 148 Å². The number of carbonyl (C=O) groups is 2. The number of ether oxygens (including phenoxy) is 1. The van der Waals surface area contributed by atoms with Crippen LogP contribution in [0.5, 0.6) is 0 Å². The molecule has 2 aliphatic rings. The van der Waals surface area contributed by atoms with Crippen LogP contribution >= 0.6 is 11.6 Å². The lowest BCUT2D eigenvalue weighted by Crippen LogP contribution is -2.40. The first-order chi connectivity index (χ1) is 26.8. The van der Waals surface area contributed by atoms with E-state index < -0.39 is 35.9 Å². The number of benzene rings is 4. The highest BCUT2D eigenvalue weighted by Gasteiger charge is 2.35. The minimum absolute atomic E-state index is 0.0683. The smallest absolute Gasteiger partial charge is 0.409 e. The number of halogens is 3. The highest BCUT2D eigenvalue weighted by atomic mass is 35.5. The first-order valence-corrected chi connectivity index (χ1v) is 18.6. The van der Waals surface area contributed by atoms with E-state index in [1.54, 1.807) is 16.6 Å². The number of likely N-dealkylation sites (tertiary alicyclic amines) is 1. The lowest BCUT2D eigenvalue weighted by Gasteiger charge is -2.32. The van der Waals surface area contributed by atoms with Crippen molar-refractivity contribution in [3.63, 3.8) is 0 Å². The Kier molecular flexibility index (Phi) is 10.2. The van der Waals surface area contributed by atoms with Crippen molar-refractivity contribution in [2.45, 2.75) is 44.3 Å². The van der Waals surface area contributed by atoms with Gasteiger partial charge in [-0.3, -0.25) is 9.48 Å². The summed E-state index contributed by atoms with van der Waals surface area (Å²) in [7, 11) is 1.55. The normalized spacial score (nSPS) is 14.2. The Bertz CT molecular complexity index is 2290. The Labute approximate surface area is 321 Å². The second kappa shape index (κ2) is 15.5. The molecule has 1 aliphatic carbocycles. The van der Waals surface area contributed by atoms with E-state index in [0.29, 0.717) is 30.1 Å². The molecule has 6 aromatic rings. The quantitative estimate of drug-likeness (QED) is 0.139. The van der Waals surface area contributed by atoms with E-state index >= 15 is 0 Å². The van der Waals surface area contributed by atoms with Gasteiger partial charge in [0.25, 0.3) is 12.3 Å². The number of fused-ring (bicyclic) bond motifs is 3. The zero-order valence-corrected chi connectivity index (χ0v) is 30.8. The molecule has 0 radical (unpaired) electrons. The molecule has 4 aromatic carbocycles. The van der Waals surface area contributed by atoms with E-state index in [4.69, 9.17) is 21.4 Å². The summed E-state index contributed by atoms with van der Waals surface area (Å²) in [5.74, 6) is -0.753. The van der Waals surface area contributed by atoms with E-state index in [1.807, 2.05) is 85.1 Å². The molecule has 0 spiro atoms. The summed E-state index contributed by atoms with van der Waals surface area (Å²) < 4.78 is 38.2. The topological polar surface area (TPSA) is 98.4 Å². The second-order valence-electron chi connectivity index (χ2n) is 13.9. The van der Waals surface area contributed by atoms with Gasteiger partial charge in [-0.1, -0.05) is 114 Å². The van der Waals surface area contributed by atoms with Crippen LogP contribution in [0.4, 0.5) is 13.6 Å². The molecule has 280 valence electrons. The maximum Gasteiger partial charge on any atom is 0.409 e. The van der Waals surface area contributed by atoms with Crippen LogP contribution in [0.1, 0.15) is 69.7 Å². The molecular weight excluding hydrogens is 724 g/mol. The number of amides is 2. The van der Waals surface area contributed by atoms with E-state index in [2.05, 4.69) is 34.6 Å². The van der Waals surface area contributed by atoms with E-state index in [-0.39, 0.29) is 32.2 Å². The fourth-order valence-electron chi connectivity index (χ4n) is 7.71. The van der Waals surface area contributed by atoms with Gasteiger partial charge < -0.3 is 14.5 Å². The van der Waals surface area contributed by atoms with Crippen LogP contribution in [-0.2, 0) is 17.8 Å². The van der Waals surface area contributed by atoms with Crippen LogP contribution in [0.2, 0.25) is 5.02 Å². The third-order valence-electron chi connectivity index (χ3n) is 10.5. The summed E-state index contributed by atoms with van der Waals surface area (Å²) >= 11 is 6.42. The van der Waals surface area contributed by atoms with E-state index in [9.17, 15) is 18.4 Å². The minimum Gasteiger partial charge on any atom is -0.448 e. The molecule has 55 heavy (non-hydrogen) atoms. The summed E-state index contributed by atoms with van der Waals surface area (Å²) in [5.41, 5.74) is 6.70. The lowest BCUT2D eigenvalue weighted by molar-refractivity contribution is 0.0758. The summed E-state index contributed by atoms with van der Waals surface area (Å²) in [6.45, 7) is 1.25. The third kappa shape index (κ3) is 7.21. The summed E-state index contributed by atoms with van der Waals surface area (Å²) in [6, 6.07) is 32.8. The summed E-state index contributed by atoms with van der Waals surface area (Å²) in [4.78, 5) is 30.0. The van der Waals surface area contributed by atoms with Crippen LogP contribution in [0, 0.1) is 0 Å². The molecule has 1 fully saturated rings. The third-order valence-corrected chi connectivity index (χ3v) is 10.8. The summed E-state index contributed by atoms with van der Waals surface area (Å²) in [6.07, 6.45) is -0.912. The Hall–Kier alpha value is -5.88. The molecular formula is C42H38ClF2N7O3. The summed E-state index contributed by atoms with van der Waals surface area (Å²) in [5, 5.41) is 13.5. The number of carbonyl (C=O) groups excluding carboxylic acids is 2. The minimum atomic E-state index is -3.00. The predicted molar refractivity (Wildman–Crippen MR) is 204 cm³/mol. The second-order valence-corrected chi connectivity index (χ2v) is 14.3. The number of aromatic nitrogens is 5. The average molecular weight is 762 g/mol. The molecule has 0 N–H and O–H groups in total. The molecule has 13 heteroatoms. The van der Waals surface area contributed by atoms with Gasteiger partial charge in [0.05, 0.1) is 18.3 Å². The van der Waals surface area contributed by atoms with Crippen LogP contribution in [0.15, 0.2) is 109 Å². The van der Waals surface area contributed by atoms with E-state index in [1.165, 1.54) is 4.90 Å². The number of piperidine rings is 1. The largest absolute Gasteiger partial charge is 0.448 e. The van der Waals surface area contributed by atoms with Gasteiger partial charge in [-0.25, -0.2) is 18.3 Å². The van der Waals surface area contributed by atoms with Crippen molar-refractivity contribution in [2.24, 2.45) is 0 Å². The Morgan fingerprint density at radius 1 is 0.873 bits per heavy atom. The van der Waals surface area contributed by atoms with Crippen molar-refractivity contribution in [1.82, 2.24) is 34.6 Å². The van der Waals surface area contributed by atoms with E-state index in [0.717, 1.165) is 43.6 Å². The van der Waals surface area contributed by atoms with Gasteiger partial charge in [0.2, 0.25) is 0 Å². The zero-order valence-electron chi connectivity index (χ0n) is 30.1. The van der Waals surface area contributed by atoms with Gasteiger partial charge in [-0.05, 0) is 46.7 Å². The molecule has 3 heterocycles. The fourth-order valence-corrected chi connectivity index (χ4v) is 7.91. The number of hydrogen-bond acceptors (Lipinski definition) is 6. The van der Waals surface area contributed by atoms with Crippen molar-refractivity contribution in [1.29, 1.82) is 0 Å². The van der Waals surface area contributed by atoms with Gasteiger partial charge in [0.1, 0.15) is 12.3 Å². The van der Waals surface area contributed by atoms with Crippen LogP contribution in [-0.4, -0.2) is 73.3 Å². The lowest BCUT2D eigenvalue weighted by atomic mass is 9.98. The molecule has 0 atom stereocenters. The molecule has 2 amide bonds. The van der Waals surface area contributed by atoms with Gasteiger partial charge in [-0.2, -0.15) is 5.10 Å². The van der Waals surface area contributed by atoms with Gasteiger partial charge in [-0.15, -0.1) is 5.10 Å². The highest BCUT2D eigenvalue weighted by molar-refractivity contribution is 6.31.